The number of aryl methyl sites for hydroxylation is 3. The lowest BCUT2D eigenvalue weighted by Crippen LogP contribution is -2.31. The van der Waals surface area contributed by atoms with Crippen molar-refractivity contribution in [2.24, 2.45) is 7.05 Å². The molecular formula is C18H26N4O3. The Hall–Kier alpha value is -2.15. The molecule has 1 fully saturated rings. The molecule has 1 aliphatic rings. The molecular weight excluding hydrogens is 320 g/mol. The van der Waals surface area contributed by atoms with E-state index in [9.17, 15) is 4.79 Å². The van der Waals surface area contributed by atoms with Crippen LogP contribution in [0.15, 0.2) is 0 Å². The van der Waals surface area contributed by atoms with Gasteiger partial charge < -0.3 is 14.8 Å². The highest BCUT2D eigenvalue weighted by atomic mass is 16.5. The fourth-order valence-electron chi connectivity index (χ4n) is 3.47. The highest BCUT2D eigenvalue weighted by Crippen LogP contribution is 2.30. The zero-order valence-electron chi connectivity index (χ0n) is 15.4. The lowest BCUT2D eigenvalue weighted by molar-refractivity contribution is -0.121. The quantitative estimate of drug-likeness (QED) is 0.863. The van der Waals surface area contributed by atoms with Crippen LogP contribution in [-0.4, -0.2) is 47.0 Å². The first kappa shape index (κ1) is 17.7. The van der Waals surface area contributed by atoms with E-state index in [1.807, 2.05) is 20.9 Å². The molecule has 3 rings (SSSR count). The van der Waals surface area contributed by atoms with Crippen molar-refractivity contribution in [1.29, 1.82) is 0 Å². The molecule has 2 aromatic rings. The summed E-state index contributed by atoms with van der Waals surface area (Å²) in [6.07, 6.45) is 3.36. The zero-order valence-corrected chi connectivity index (χ0v) is 15.4. The smallest absolute Gasteiger partial charge is 0.242 e. The third-order valence-electron chi connectivity index (χ3n) is 4.87. The molecule has 136 valence electrons. The number of nitrogens with zero attached hydrogens (tertiary/aromatic N) is 3. The number of rotatable bonds is 6. The summed E-state index contributed by atoms with van der Waals surface area (Å²) < 4.78 is 12.6. The summed E-state index contributed by atoms with van der Waals surface area (Å²) in [6, 6.07) is 0. The molecule has 0 radical (unpaired) electrons. The van der Waals surface area contributed by atoms with Gasteiger partial charge in [0, 0.05) is 32.3 Å². The number of carbonyl (C=O) groups excluding carboxylic acids is 1. The molecule has 3 heterocycles. The van der Waals surface area contributed by atoms with Gasteiger partial charge in [0.15, 0.2) is 5.65 Å². The summed E-state index contributed by atoms with van der Waals surface area (Å²) >= 11 is 0. The SMILES string of the molecule is COc1nn(C)c2nc(C)c(CCC(=O)NC[C@H]3CCCO3)c(C)c12. The van der Waals surface area contributed by atoms with Crippen LogP contribution in [0.4, 0.5) is 0 Å². The van der Waals surface area contributed by atoms with Gasteiger partial charge in [-0.1, -0.05) is 0 Å². The minimum Gasteiger partial charge on any atom is -0.479 e. The van der Waals surface area contributed by atoms with E-state index in [0.29, 0.717) is 25.3 Å². The van der Waals surface area contributed by atoms with Crippen LogP contribution in [0.3, 0.4) is 0 Å². The summed E-state index contributed by atoms with van der Waals surface area (Å²) in [5.41, 5.74) is 3.91. The van der Waals surface area contributed by atoms with Gasteiger partial charge in [-0.15, -0.1) is 5.10 Å². The number of aromatic nitrogens is 3. The Kier molecular flexibility index (Phi) is 5.22. The predicted octanol–water partition coefficient (Wildman–Crippen LogP) is 1.82. The molecule has 0 aromatic carbocycles. The number of carbonyl (C=O) groups is 1. The van der Waals surface area contributed by atoms with Crippen molar-refractivity contribution in [2.45, 2.75) is 45.6 Å². The van der Waals surface area contributed by atoms with Crippen molar-refractivity contribution >= 4 is 16.9 Å². The van der Waals surface area contributed by atoms with Crippen LogP contribution in [0.25, 0.3) is 11.0 Å². The van der Waals surface area contributed by atoms with Crippen LogP contribution >= 0.6 is 0 Å². The van der Waals surface area contributed by atoms with Crippen molar-refractivity contribution in [3.63, 3.8) is 0 Å². The van der Waals surface area contributed by atoms with E-state index < -0.39 is 0 Å². The molecule has 1 atom stereocenters. The molecule has 25 heavy (non-hydrogen) atoms. The van der Waals surface area contributed by atoms with Gasteiger partial charge in [-0.2, -0.15) is 0 Å². The number of fused-ring (bicyclic) bond motifs is 1. The number of amides is 1. The fraction of sp³-hybridized carbons (Fsp3) is 0.611. The summed E-state index contributed by atoms with van der Waals surface area (Å²) in [5.74, 6) is 0.624. The van der Waals surface area contributed by atoms with Gasteiger partial charge in [-0.05, 0) is 44.2 Å². The molecule has 0 spiro atoms. The molecule has 1 saturated heterocycles. The Bertz CT molecular complexity index is 778. The van der Waals surface area contributed by atoms with E-state index >= 15 is 0 Å². The second-order valence-corrected chi connectivity index (χ2v) is 6.57. The highest BCUT2D eigenvalue weighted by molar-refractivity contribution is 5.86. The van der Waals surface area contributed by atoms with Crippen molar-refractivity contribution in [1.82, 2.24) is 20.1 Å². The molecule has 2 aromatic heterocycles. The number of hydrogen-bond donors (Lipinski definition) is 1. The van der Waals surface area contributed by atoms with Gasteiger partial charge >= 0.3 is 0 Å². The maximum Gasteiger partial charge on any atom is 0.242 e. The Balaban J connectivity index is 1.71. The molecule has 0 bridgehead atoms. The van der Waals surface area contributed by atoms with Crippen LogP contribution in [-0.2, 0) is 23.0 Å². The molecule has 0 unspecified atom stereocenters. The van der Waals surface area contributed by atoms with E-state index in [4.69, 9.17) is 9.47 Å². The third-order valence-corrected chi connectivity index (χ3v) is 4.87. The van der Waals surface area contributed by atoms with Crippen LogP contribution in [0.1, 0.15) is 36.1 Å². The number of nitrogens with one attached hydrogen (secondary N) is 1. The number of ether oxygens (including phenoxy) is 2. The summed E-state index contributed by atoms with van der Waals surface area (Å²) in [4.78, 5) is 16.8. The Labute approximate surface area is 147 Å². The van der Waals surface area contributed by atoms with E-state index in [1.165, 1.54) is 0 Å². The van der Waals surface area contributed by atoms with Crippen LogP contribution in [0.5, 0.6) is 5.88 Å². The van der Waals surface area contributed by atoms with Crippen LogP contribution in [0, 0.1) is 13.8 Å². The molecule has 1 N–H and O–H groups in total. The summed E-state index contributed by atoms with van der Waals surface area (Å²) in [6.45, 7) is 5.43. The van der Waals surface area contributed by atoms with Crippen LogP contribution < -0.4 is 10.1 Å². The van der Waals surface area contributed by atoms with Crippen molar-refractivity contribution in [3.8, 4) is 5.88 Å². The third kappa shape index (κ3) is 3.61. The van der Waals surface area contributed by atoms with Crippen molar-refractivity contribution in [3.05, 3.63) is 16.8 Å². The first-order chi connectivity index (χ1) is 12.0. The Morgan fingerprint density at radius 2 is 2.24 bits per heavy atom. The van der Waals surface area contributed by atoms with Gasteiger partial charge in [0.25, 0.3) is 0 Å². The first-order valence-corrected chi connectivity index (χ1v) is 8.76. The monoisotopic (exact) mass is 346 g/mol. The fourth-order valence-corrected chi connectivity index (χ4v) is 3.47. The van der Waals surface area contributed by atoms with Gasteiger partial charge in [-0.25, -0.2) is 9.67 Å². The number of hydrogen-bond acceptors (Lipinski definition) is 5. The van der Waals surface area contributed by atoms with Gasteiger partial charge in [-0.3, -0.25) is 4.79 Å². The maximum atomic E-state index is 12.2. The molecule has 0 aliphatic carbocycles. The van der Waals surface area contributed by atoms with Gasteiger partial charge in [0.05, 0.1) is 18.6 Å². The standard InChI is InChI=1S/C18H26N4O3/c1-11-14(7-8-15(23)19-10-13-6-5-9-25-13)12(2)20-17-16(11)18(24-4)21-22(17)3/h13H,5-10H2,1-4H3,(H,19,23)/t13-/m1/s1. The van der Waals surface area contributed by atoms with E-state index in [0.717, 1.165) is 47.3 Å². The van der Waals surface area contributed by atoms with Gasteiger partial charge in [0.2, 0.25) is 11.8 Å². The predicted molar refractivity (Wildman–Crippen MR) is 94.8 cm³/mol. The number of pyridine rings is 1. The summed E-state index contributed by atoms with van der Waals surface area (Å²) in [7, 11) is 3.47. The minimum atomic E-state index is 0.0487. The second kappa shape index (κ2) is 7.39. The topological polar surface area (TPSA) is 78.3 Å². The average molecular weight is 346 g/mol. The Morgan fingerprint density at radius 1 is 1.44 bits per heavy atom. The summed E-state index contributed by atoms with van der Waals surface area (Å²) in [5, 5.41) is 8.25. The van der Waals surface area contributed by atoms with E-state index in [-0.39, 0.29) is 12.0 Å². The largest absolute Gasteiger partial charge is 0.479 e. The zero-order chi connectivity index (χ0) is 18.0. The van der Waals surface area contributed by atoms with E-state index in [2.05, 4.69) is 15.4 Å². The normalized spacial score (nSPS) is 17.2. The van der Waals surface area contributed by atoms with E-state index in [1.54, 1.807) is 11.8 Å². The molecule has 7 nitrogen and oxygen atoms in total. The molecule has 1 aliphatic heterocycles. The van der Waals surface area contributed by atoms with Crippen LogP contribution in [0.2, 0.25) is 0 Å². The lowest BCUT2D eigenvalue weighted by atomic mass is 10.00. The van der Waals surface area contributed by atoms with Crippen molar-refractivity contribution < 1.29 is 14.3 Å². The average Bonchev–Trinajstić information content (AvgIpc) is 3.21. The number of methoxy groups -OCH3 is 1. The lowest BCUT2D eigenvalue weighted by Gasteiger charge is -2.13. The maximum absolute atomic E-state index is 12.2. The molecule has 0 saturated carbocycles. The van der Waals surface area contributed by atoms with Crippen molar-refractivity contribution in [2.75, 3.05) is 20.3 Å². The molecule has 1 amide bonds. The van der Waals surface area contributed by atoms with Gasteiger partial charge in [0.1, 0.15) is 0 Å². The Morgan fingerprint density at radius 3 is 2.92 bits per heavy atom. The first-order valence-electron chi connectivity index (χ1n) is 8.76. The molecule has 7 heteroatoms. The minimum absolute atomic E-state index is 0.0487. The highest BCUT2D eigenvalue weighted by Gasteiger charge is 2.19. The second-order valence-electron chi connectivity index (χ2n) is 6.57.